The summed E-state index contributed by atoms with van der Waals surface area (Å²) in [5, 5.41) is 37.9. The van der Waals surface area contributed by atoms with Crippen LogP contribution < -0.4 is 10.6 Å². The molecule has 3 heterocycles. The van der Waals surface area contributed by atoms with Gasteiger partial charge in [0.2, 0.25) is 5.95 Å². The lowest BCUT2D eigenvalue weighted by atomic mass is 10.1. The normalized spacial score (nSPS) is 22.4. The van der Waals surface area contributed by atoms with Crippen LogP contribution in [0.25, 0.3) is 20.8 Å². The van der Waals surface area contributed by atoms with Gasteiger partial charge >= 0.3 is 0 Å². The zero-order valence-corrected chi connectivity index (χ0v) is 21.0. The predicted molar refractivity (Wildman–Crippen MR) is 135 cm³/mol. The summed E-state index contributed by atoms with van der Waals surface area (Å²) < 4.78 is 1.05. The van der Waals surface area contributed by atoms with Gasteiger partial charge in [0.1, 0.15) is 22.4 Å². The highest BCUT2D eigenvalue weighted by atomic mass is 32.1. The second-order valence-electron chi connectivity index (χ2n) is 9.12. The zero-order chi connectivity index (χ0) is 24.4. The molecule has 0 bridgehead atoms. The van der Waals surface area contributed by atoms with Gasteiger partial charge in [0, 0.05) is 24.8 Å². The van der Waals surface area contributed by atoms with E-state index in [4.69, 9.17) is 15.0 Å². The molecule has 184 valence electrons. The van der Waals surface area contributed by atoms with Gasteiger partial charge in [0.25, 0.3) is 0 Å². The molecule has 34 heavy (non-hydrogen) atoms. The highest BCUT2D eigenvalue weighted by Crippen LogP contribution is 2.38. The predicted octanol–water partition coefficient (Wildman–Crippen LogP) is 3.19. The number of nitrogens with zero attached hydrogens (tertiary/aromatic N) is 4. The van der Waals surface area contributed by atoms with E-state index >= 15 is 0 Å². The molecule has 9 nitrogen and oxygen atoms in total. The van der Waals surface area contributed by atoms with E-state index in [2.05, 4.69) is 22.5 Å². The van der Waals surface area contributed by atoms with E-state index in [9.17, 15) is 15.3 Å². The molecule has 3 aromatic rings. The number of aromatic nitrogens is 4. The number of aryl methyl sites for hydroxylation is 3. The highest BCUT2D eigenvalue weighted by molar-refractivity contribution is 7.21. The number of anilines is 2. The van der Waals surface area contributed by atoms with E-state index < -0.39 is 18.2 Å². The number of aliphatic hydroxyl groups is 3. The van der Waals surface area contributed by atoms with Crippen molar-refractivity contribution in [2.75, 3.05) is 23.8 Å². The fraction of sp³-hybridized carbons (Fsp3) is 0.583. The van der Waals surface area contributed by atoms with Gasteiger partial charge in [0.15, 0.2) is 0 Å². The molecule has 4 atom stereocenters. The van der Waals surface area contributed by atoms with Crippen molar-refractivity contribution >= 4 is 33.3 Å². The number of hydrogen-bond donors (Lipinski definition) is 5. The summed E-state index contributed by atoms with van der Waals surface area (Å²) in [5.41, 5.74) is 4.21. The van der Waals surface area contributed by atoms with Crippen LogP contribution in [0.2, 0.25) is 0 Å². The third kappa shape index (κ3) is 5.00. The van der Waals surface area contributed by atoms with Crippen LogP contribution in [0.4, 0.5) is 11.8 Å². The Morgan fingerprint density at radius 2 is 1.82 bits per heavy atom. The molecule has 5 N–H and O–H groups in total. The smallest absolute Gasteiger partial charge is 0.224 e. The lowest BCUT2D eigenvalue weighted by Gasteiger charge is -2.21. The van der Waals surface area contributed by atoms with Crippen molar-refractivity contribution in [1.29, 1.82) is 0 Å². The summed E-state index contributed by atoms with van der Waals surface area (Å²) in [5.74, 6) is 0.688. The standard InChI is InChI=1S/C24H34N6O3S/c1-5-6-7-8-25-24-27-13(3)18(23-29-19-14(4)26-12(2)9-17(19)34-23)22(30-24)28-16-10-15(11-31)20(32)21(16)33/h9,15-16,20-21,31-33H,5-8,10-11H2,1-4H3,(H2,25,27,28,30)/t15-,16?,20-,21+/m1/s1. The third-order valence-electron chi connectivity index (χ3n) is 6.41. The number of pyridine rings is 1. The quantitative estimate of drug-likeness (QED) is 0.289. The summed E-state index contributed by atoms with van der Waals surface area (Å²) in [6.07, 6.45) is 1.72. The van der Waals surface area contributed by atoms with Crippen molar-refractivity contribution in [3.05, 3.63) is 23.1 Å². The first-order valence-electron chi connectivity index (χ1n) is 11.9. The summed E-state index contributed by atoms with van der Waals surface area (Å²) in [6, 6.07) is 1.58. The Kier molecular flexibility index (Phi) is 7.61. The summed E-state index contributed by atoms with van der Waals surface area (Å²) >= 11 is 1.56. The van der Waals surface area contributed by atoms with Crippen molar-refractivity contribution in [3.8, 4) is 10.6 Å². The number of hydrogen-bond acceptors (Lipinski definition) is 10. The Morgan fingerprint density at radius 3 is 2.53 bits per heavy atom. The fourth-order valence-electron chi connectivity index (χ4n) is 4.55. The van der Waals surface area contributed by atoms with Crippen LogP contribution in [-0.2, 0) is 0 Å². The maximum atomic E-state index is 10.6. The Hall–Kier alpha value is -2.40. The average molecular weight is 487 g/mol. The maximum absolute atomic E-state index is 10.6. The Bertz CT molecular complexity index is 1150. The molecule has 3 aromatic heterocycles. The van der Waals surface area contributed by atoms with Gasteiger partial charge in [-0.1, -0.05) is 19.8 Å². The minimum absolute atomic E-state index is 0.181. The largest absolute Gasteiger partial charge is 0.396 e. The fourth-order valence-corrected chi connectivity index (χ4v) is 5.76. The molecule has 4 rings (SSSR count). The van der Waals surface area contributed by atoms with Gasteiger partial charge in [-0.25, -0.2) is 9.97 Å². The van der Waals surface area contributed by atoms with Gasteiger partial charge in [-0.15, -0.1) is 11.3 Å². The van der Waals surface area contributed by atoms with Gasteiger partial charge in [-0.3, -0.25) is 4.98 Å². The lowest BCUT2D eigenvalue weighted by molar-refractivity contribution is 0.00446. The molecule has 10 heteroatoms. The number of fused-ring (bicyclic) bond motifs is 1. The molecule has 1 saturated carbocycles. The van der Waals surface area contributed by atoms with E-state index in [0.29, 0.717) is 18.2 Å². The molecule has 1 unspecified atom stereocenters. The van der Waals surface area contributed by atoms with E-state index in [1.165, 1.54) is 0 Å². The van der Waals surface area contributed by atoms with E-state index in [1.807, 2.05) is 26.8 Å². The van der Waals surface area contributed by atoms with E-state index in [0.717, 1.165) is 63.7 Å². The average Bonchev–Trinajstić information content (AvgIpc) is 3.33. The minimum Gasteiger partial charge on any atom is -0.396 e. The first-order valence-corrected chi connectivity index (χ1v) is 12.7. The van der Waals surface area contributed by atoms with Crippen molar-refractivity contribution in [2.24, 2.45) is 5.92 Å². The van der Waals surface area contributed by atoms with Crippen LogP contribution in [0.1, 0.15) is 49.7 Å². The van der Waals surface area contributed by atoms with Crippen molar-refractivity contribution < 1.29 is 15.3 Å². The van der Waals surface area contributed by atoms with E-state index in [1.54, 1.807) is 11.3 Å². The number of nitrogens with one attached hydrogen (secondary N) is 2. The summed E-state index contributed by atoms with van der Waals surface area (Å²) in [4.78, 5) is 18.9. The van der Waals surface area contributed by atoms with Crippen LogP contribution in [0, 0.1) is 26.7 Å². The second kappa shape index (κ2) is 10.5. The van der Waals surface area contributed by atoms with Gasteiger partial charge in [0.05, 0.1) is 33.8 Å². The van der Waals surface area contributed by atoms with Crippen molar-refractivity contribution in [2.45, 2.75) is 71.6 Å². The van der Waals surface area contributed by atoms with Crippen LogP contribution >= 0.6 is 11.3 Å². The molecular formula is C24H34N6O3S. The molecule has 1 aliphatic carbocycles. The third-order valence-corrected chi connectivity index (χ3v) is 7.43. The molecule has 0 amide bonds. The molecule has 0 spiro atoms. The lowest BCUT2D eigenvalue weighted by Crippen LogP contribution is -2.35. The van der Waals surface area contributed by atoms with Crippen LogP contribution in [0.5, 0.6) is 0 Å². The Morgan fingerprint density at radius 1 is 1.03 bits per heavy atom. The number of thiazole rings is 1. The highest BCUT2D eigenvalue weighted by Gasteiger charge is 2.41. The van der Waals surface area contributed by atoms with Crippen LogP contribution in [0.15, 0.2) is 6.07 Å². The van der Waals surface area contributed by atoms with Crippen molar-refractivity contribution in [1.82, 2.24) is 19.9 Å². The maximum Gasteiger partial charge on any atom is 0.224 e. The number of rotatable bonds is 9. The molecule has 0 aromatic carbocycles. The first kappa shape index (κ1) is 24.7. The number of unbranched alkanes of at least 4 members (excludes halogenated alkanes) is 2. The van der Waals surface area contributed by atoms with Gasteiger partial charge in [-0.05, 0) is 39.7 Å². The van der Waals surface area contributed by atoms with E-state index in [-0.39, 0.29) is 12.5 Å². The Labute approximate surface area is 203 Å². The molecule has 0 saturated heterocycles. The zero-order valence-electron chi connectivity index (χ0n) is 20.2. The minimum atomic E-state index is -1.01. The second-order valence-corrected chi connectivity index (χ2v) is 10.1. The molecule has 0 radical (unpaired) electrons. The SMILES string of the molecule is CCCCCNc1nc(C)c(-c2nc3c(C)nc(C)cc3s2)c(NC2C[C@H](CO)[C@@H](O)[C@H]2O)n1. The summed E-state index contributed by atoms with van der Waals surface area (Å²) in [6.45, 7) is 8.61. The molecular weight excluding hydrogens is 452 g/mol. The monoisotopic (exact) mass is 486 g/mol. The molecule has 1 fully saturated rings. The topological polar surface area (TPSA) is 136 Å². The van der Waals surface area contributed by atoms with Crippen LogP contribution in [0.3, 0.4) is 0 Å². The first-order chi connectivity index (χ1) is 16.3. The number of aliphatic hydroxyl groups excluding tert-OH is 3. The van der Waals surface area contributed by atoms with Gasteiger partial charge in [-0.2, -0.15) is 4.98 Å². The molecule has 1 aliphatic rings. The Balaban J connectivity index is 1.73. The molecule has 0 aliphatic heterocycles. The van der Waals surface area contributed by atoms with Crippen LogP contribution in [-0.4, -0.2) is 66.7 Å². The van der Waals surface area contributed by atoms with Gasteiger partial charge < -0.3 is 26.0 Å². The van der Waals surface area contributed by atoms with Crippen molar-refractivity contribution in [3.63, 3.8) is 0 Å². The summed E-state index contributed by atoms with van der Waals surface area (Å²) in [7, 11) is 0.